The normalized spacial score (nSPS) is 16.0. The number of anilines is 1. The fourth-order valence-corrected chi connectivity index (χ4v) is 2.95. The van der Waals surface area contributed by atoms with Crippen LogP contribution in [0.5, 0.6) is 0 Å². The molecule has 1 aromatic rings. The van der Waals surface area contributed by atoms with E-state index in [2.05, 4.69) is 22.2 Å². The van der Waals surface area contributed by atoms with Crippen LogP contribution in [0.15, 0.2) is 0 Å². The number of aromatic nitrogens is 2. The van der Waals surface area contributed by atoms with Crippen LogP contribution in [0.3, 0.4) is 0 Å². The molecule has 0 atom stereocenters. The highest BCUT2D eigenvalue weighted by Gasteiger charge is 2.23. The summed E-state index contributed by atoms with van der Waals surface area (Å²) in [6.07, 6.45) is 11.5. The second kappa shape index (κ2) is 8.00. The minimum atomic E-state index is -0.443. The average Bonchev–Trinajstić information content (AvgIpc) is 2.88. The summed E-state index contributed by atoms with van der Waals surface area (Å²) >= 11 is 0. The van der Waals surface area contributed by atoms with Crippen LogP contribution in [0.2, 0.25) is 0 Å². The van der Waals surface area contributed by atoms with E-state index in [0.717, 1.165) is 37.8 Å². The van der Waals surface area contributed by atoms with Crippen LogP contribution in [0.25, 0.3) is 0 Å². The van der Waals surface area contributed by atoms with Gasteiger partial charge in [0.25, 0.3) is 0 Å². The fraction of sp³-hybridized carbons (Fsp3) is 0.800. The van der Waals surface area contributed by atoms with E-state index in [1.807, 2.05) is 0 Å². The van der Waals surface area contributed by atoms with Crippen LogP contribution in [-0.4, -0.2) is 20.9 Å². The number of imidazole rings is 1. The second-order valence-corrected chi connectivity index (χ2v) is 5.93. The number of H-pyrrole nitrogens is 1. The lowest BCUT2D eigenvalue weighted by Crippen LogP contribution is -2.23. The highest BCUT2D eigenvalue weighted by Crippen LogP contribution is 2.25. The first-order chi connectivity index (χ1) is 10.2. The molecule has 21 heavy (non-hydrogen) atoms. The van der Waals surface area contributed by atoms with Gasteiger partial charge in [0.1, 0.15) is 5.69 Å². The van der Waals surface area contributed by atoms with Crippen molar-refractivity contribution in [1.82, 2.24) is 9.97 Å². The quantitative estimate of drug-likeness (QED) is 0.428. The number of aryl methyl sites for hydroxylation is 1. The maximum Gasteiger partial charge on any atom is 0.434 e. The third-order valence-corrected chi connectivity index (χ3v) is 4.17. The highest BCUT2D eigenvalue weighted by molar-refractivity contribution is 5.45. The van der Waals surface area contributed by atoms with E-state index >= 15 is 0 Å². The lowest BCUT2D eigenvalue weighted by Gasteiger charge is -2.21. The van der Waals surface area contributed by atoms with Crippen LogP contribution < -0.4 is 5.32 Å². The van der Waals surface area contributed by atoms with Crippen molar-refractivity contribution in [2.24, 2.45) is 0 Å². The zero-order chi connectivity index (χ0) is 15.1. The summed E-state index contributed by atoms with van der Waals surface area (Å²) in [5.41, 5.74) is 0.892. The molecule has 1 fully saturated rings. The molecule has 0 aromatic carbocycles. The van der Waals surface area contributed by atoms with Gasteiger partial charge in [0.2, 0.25) is 5.82 Å². The van der Waals surface area contributed by atoms with Gasteiger partial charge in [-0.05, 0) is 29.2 Å². The van der Waals surface area contributed by atoms with Crippen LogP contribution in [0.4, 0.5) is 11.8 Å². The molecule has 1 saturated carbocycles. The van der Waals surface area contributed by atoms with Gasteiger partial charge in [0, 0.05) is 12.5 Å². The topological polar surface area (TPSA) is 83.8 Å². The number of hydrogen-bond acceptors (Lipinski definition) is 4. The molecule has 0 bridgehead atoms. The molecule has 6 nitrogen and oxygen atoms in total. The van der Waals surface area contributed by atoms with Crippen molar-refractivity contribution < 1.29 is 4.92 Å². The lowest BCUT2D eigenvalue weighted by atomic mass is 9.95. The van der Waals surface area contributed by atoms with Crippen molar-refractivity contribution in [1.29, 1.82) is 0 Å². The maximum absolute atomic E-state index is 10.9. The Bertz CT molecular complexity index is 453. The van der Waals surface area contributed by atoms with Crippen LogP contribution in [-0.2, 0) is 6.42 Å². The molecule has 0 amide bonds. The third kappa shape index (κ3) is 4.72. The average molecular weight is 294 g/mol. The minimum absolute atomic E-state index is 0.140. The van der Waals surface area contributed by atoms with E-state index in [0.29, 0.717) is 11.9 Å². The van der Waals surface area contributed by atoms with Gasteiger partial charge in [-0.1, -0.05) is 45.4 Å². The second-order valence-electron chi connectivity index (χ2n) is 5.93. The Morgan fingerprint density at radius 1 is 1.29 bits per heavy atom. The van der Waals surface area contributed by atoms with Gasteiger partial charge in [-0.15, -0.1) is 0 Å². The van der Waals surface area contributed by atoms with Crippen LogP contribution in [0, 0.1) is 10.1 Å². The molecular weight excluding hydrogens is 268 g/mol. The zero-order valence-corrected chi connectivity index (χ0v) is 12.9. The summed E-state index contributed by atoms with van der Waals surface area (Å²) in [5.74, 6) is 0.559. The Labute approximate surface area is 125 Å². The Kier molecular flexibility index (Phi) is 6.02. The van der Waals surface area contributed by atoms with Gasteiger partial charge in [-0.3, -0.25) is 0 Å². The van der Waals surface area contributed by atoms with Crippen LogP contribution >= 0.6 is 0 Å². The first-order valence-electron chi connectivity index (χ1n) is 8.20. The molecule has 118 valence electrons. The van der Waals surface area contributed by atoms with Crippen molar-refractivity contribution in [3.05, 3.63) is 15.8 Å². The van der Waals surface area contributed by atoms with Gasteiger partial charge < -0.3 is 15.4 Å². The fourth-order valence-electron chi connectivity index (χ4n) is 2.95. The number of nitrogens with one attached hydrogen (secondary N) is 2. The Balaban J connectivity index is 2.00. The van der Waals surface area contributed by atoms with E-state index < -0.39 is 4.92 Å². The predicted octanol–water partition coefficient (Wildman–Crippen LogP) is 4.19. The van der Waals surface area contributed by atoms with Crippen molar-refractivity contribution in [2.45, 2.75) is 77.2 Å². The first-order valence-corrected chi connectivity index (χ1v) is 8.20. The Morgan fingerprint density at radius 2 is 2.05 bits per heavy atom. The summed E-state index contributed by atoms with van der Waals surface area (Å²) in [5, 5.41) is 14.3. The number of nitro groups is 1. The third-order valence-electron chi connectivity index (χ3n) is 4.17. The van der Waals surface area contributed by atoms with Crippen LogP contribution in [0.1, 0.15) is 70.4 Å². The number of unbranched alkanes of at least 4 members (excludes halogenated alkanes) is 3. The van der Waals surface area contributed by atoms with Crippen molar-refractivity contribution in [3.8, 4) is 0 Å². The van der Waals surface area contributed by atoms with E-state index in [9.17, 15) is 10.1 Å². The molecule has 1 heterocycles. The Morgan fingerprint density at radius 3 is 2.71 bits per heavy atom. The molecule has 2 rings (SSSR count). The van der Waals surface area contributed by atoms with Crippen molar-refractivity contribution in [3.63, 3.8) is 0 Å². The van der Waals surface area contributed by atoms with Crippen molar-refractivity contribution >= 4 is 11.8 Å². The van der Waals surface area contributed by atoms with Gasteiger partial charge in [0.05, 0.1) is 0 Å². The monoisotopic (exact) mass is 294 g/mol. The summed E-state index contributed by atoms with van der Waals surface area (Å²) in [6.45, 7) is 2.18. The van der Waals surface area contributed by atoms with E-state index in [4.69, 9.17) is 0 Å². The number of nitrogens with zero attached hydrogens (tertiary/aromatic N) is 2. The summed E-state index contributed by atoms with van der Waals surface area (Å²) in [4.78, 5) is 17.5. The standard InChI is InChI=1S/C15H26N4O2/c1-2-3-4-8-11-13-14(18-15(17-13)19(20)21)16-12-9-6-5-7-10-12/h12,16H,2-11H2,1H3,(H,17,18). The minimum Gasteiger partial charge on any atom is -0.390 e. The van der Waals surface area contributed by atoms with Gasteiger partial charge in [-0.25, -0.2) is 4.98 Å². The molecule has 2 N–H and O–H groups in total. The zero-order valence-electron chi connectivity index (χ0n) is 12.9. The number of hydrogen-bond donors (Lipinski definition) is 2. The van der Waals surface area contributed by atoms with Gasteiger partial charge >= 0.3 is 5.95 Å². The first kappa shape index (κ1) is 15.8. The smallest absolute Gasteiger partial charge is 0.390 e. The highest BCUT2D eigenvalue weighted by atomic mass is 16.6. The molecule has 1 aliphatic carbocycles. The molecule has 6 heteroatoms. The Hall–Kier alpha value is -1.59. The van der Waals surface area contributed by atoms with Crippen molar-refractivity contribution in [2.75, 3.05) is 5.32 Å². The molecule has 0 saturated heterocycles. The summed E-state index contributed by atoms with van der Waals surface area (Å²) in [6, 6.07) is 0.413. The molecule has 0 unspecified atom stereocenters. The van der Waals surface area contributed by atoms with E-state index in [-0.39, 0.29) is 5.95 Å². The largest absolute Gasteiger partial charge is 0.434 e. The van der Waals surface area contributed by atoms with Gasteiger partial charge in [-0.2, -0.15) is 0 Å². The molecule has 0 radical (unpaired) electrons. The van der Waals surface area contributed by atoms with Gasteiger partial charge in [0.15, 0.2) is 0 Å². The SMILES string of the molecule is CCCCCCc1[nH]c([N+](=O)[O-])nc1NC1CCCCC1. The predicted molar refractivity (Wildman–Crippen MR) is 83.6 cm³/mol. The van der Waals surface area contributed by atoms with E-state index in [1.165, 1.54) is 32.1 Å². The summed E-state index contributed by atoms with van der Waals surface area (Å²) in [7, 11) is 0. The molecule has 1 aromatic heterocycles. The van der Waals surface area contributed by atoms with E-state index in [1.54, 1.807) is 0 Å². The lowest BCUT2D eigenvalue weighted by molar-refractivity contribution is -0.393. The molecule has 0 aliphatic heterocycles. The molecule has 1 aliphatic rings. The molecule has 0 spiro atoms. The summed E-state index contributed by atoms with van der Waals surface area (Å²) < 4.78 is 0. The number of aromatic amines is 1. The molecular formula is C15H26N4O2. The maximum atomic E-state index is 10.9. The number of rotatable bonds is 8.